The second kappa shape index (κ2) is 6.83. The Labute approximate surface area is 164 Å². The maximum absolute atomic E-state index is 6.16. The minimum absolute atomic E-state index is 0.286. The number of hydrogen-bond acceptors (Lipinski definition) is 5. The number of hydrogen-bond donors (Lipinski definition) is 0. The molecule has 4 rings (SSSR count). The van der Waals surface area contributed by atoms with Crippen molar-refractivity contribution < 1.29 is 4.74 Å². The molecule has 0 bridgehead atoms. The number of ether oxygens (including phenoxy) is 1. The van der Waals surface area contributed by atoms with Crippen LogP contribution in [0.15, 0.2) is 46.9 Å². The Kier molecular flexibility index (Phi) is 4.71. The quantitative estimate of drug-likeness (QED) is 0.407. The Balaban J connectivity index is 1.74. The molecule has 1 unspecified atom stereocenters. The van der Waals surface area contributed by atoms with Crippen LogP contribution in [-0.2, 0) is 0 Å². The average Bonchev–Trinajstić information content (AvgIpc) is 3.05. The van der Waals surface area contributed by atoms with Gasteiger partial charge >= 0.3 is 0 Å². The molecule has 4 nitrogen and oxygen atoms in total. The highest BCUT2D eigenvalue weighted by Crippen LogP contribution is 2.55. The molecule has 2 heterocycles. The Hall–Kier alpha value is -1.21. The van der Waals surface area contributed by atoms with Gasteiger partial charge in [0.2, 0.25) is 0 Å². The summed E-state index contributed by atoms with van der Waals surface area (Å²) < 4.78 is 7.00. The van der Waals surface area contributed by atoms with E-state index in [9.17, 15) is 0 Å². The van der Waals surface area contributed by atoms with Crippen molar-refractivity contribution in [3.05, 3.63) is 41.8 Å². The van der Waals surface area contributed by atoms with Gasteiger partial charge in [-0.15, -0.1) is 44.7 Å². The zero-order chi connectivity index (χ0) is 17.4. The van der Waals surface area contributed by atoms with Gasteiger partial charge in [-0.05, 0) is 30.0 Å². The summed E-state index contributed by atoms with van der Waals surface area (Å²) in [6.07, 6.45) is 0.823. The second-order valence-electron chi connectivity index (χ2n) is 5.76. The summed E-state index contributed by atoms with van der Waals surface area (Å²) in [4.78, 5) is 1.06. The largest absolute Gasteiger partial charge is 0.495 e. The number of thiophene rings is 1. The van der Waals surface area contributed by atoms with E-state index < -0.39 is 4.33 Å². The summed E-state index contributed by atoms with van der Waals surface area (Å²) in [5.41, 5.74) is 0.916. The highest BCUT2D eigenvalue weighted by atomic mass is 35.5. The molecule has 0 N–H and O–H groups in total. The Morgan fingerprint density at radius 2 is 2.08 bits per heavy atom. The number of para-hydroxylation sites is 2. The van der Waals surface area contributed by atoms with Gasteiger partial charge in [0.15, 0.2) is 11.0 Å². The summed E-state index contributed by atoms with van der Waals surface area (Å²) in [7, 11) is 1.67. The topological polar surface area (TPSA) is 39.9 Å². The highest BCUT2D eigenvalue weighted by Gasteiger charge is 2.51. The van der Waals surface area contributed by atoms with Crippen LogP contribution in [0.4, 0.5) is 0 Å². The second-order valence-corrected chi connectivity index (χ2v) is 9.24. The zero-order valence-corrected chi connectivity index (χ0v) is 16.5. The van der Waals surface area contributed by atoms with Gasteiger partial charge in [-0.1, -0.05) is 30.0 Å². The molecular formula is C17H15Cl2N3OS2. The van der Waals surface area contributed by atoms with Crippen molar-refractivity contribution in [1.82, 2.24) is 14.8 Å². The van der Waals surface area contributed by atoms with E-state index in [0.717, 1.165) is 39.5 Å². The number of benzene rings is 1. The first kappa shape index (κ1) is 17.2. The smallest absolute Gasteiger partial charge is 0.196 e. The molecule has 1 aliphatic carbocycles. The molecule has 1 saturated carbocycles. The number of nitrogens with zero attached hydrogens (tertiary/aromatic N) is 3. The van der Waals surface area contributed by atoms with Crippen molar-refractivity contribution in [2.75, 3.05) is 12.9 Å². The van der Waals surface area contributed by atoms with Gasteiger partial charge in [-0.25, -0.2) is 0 Å². The van der Waals surface area contributed by atoms with Crippen molar-refractivity contribution in [2.24, 2.45) is 5.92 Å². The lowest BCUT2D eigenvalue weighted by Crippen LogP contribution is -2.02. The van der Waals surface area contributed by atoms with E-state index >= 15 is 0 Å². The van der Waals surface area contributed by atoms with Crippen LogP contribution in [0.25, 0.3) is 16.4 Å². The van der Waals surface area contributed by atoms with E-state index in [4.69, 9.17) is 27.9 Å². The lowest BCUT2D eigenvalue weighted by molar-refractivity contribution is 0.412. The van der Waals surface area contributed by atoms with Crippen LogP contribution in [0.2, 0.25) is 0 Å². The van der Waals surface area contributed by atoms with Gasteiger partial charge in [-0.3, -0.25) is 4.57 Å². The zero-order valence-electron chi connectivity index (χ0n) is 13.4. The molecule has 0 amide bonds. The fraction of sp³-hybridized carbons (Fsp3) is 0.294. The van der Waals surface area contributed by atoms with Crippen LogP contribution >= 0.6 is 46.3 Å². The number of halogens is 2. The minimum atomic E-state index is -0.584. The molecule has 0 spiro atoms. The van der Waals surface area contributed by atoms with Crippen molar-refractivity contribution in [1.29, 1.82) is 0 Å². The molecule has 2 aromatic heterocycles. The van der Waals surface area contributed by atoms with Gasteiger partial charge in [0.1, 0.15) is 10.1 Å². The SMILES string of the molecule is COc1ccccc1-n1c(SCC2CC2(Cl)Cl)nnc1-c1cccs1. The van der Waals surface area contributed by atoms with Crippen LogP contribution in [-0.4, -0.2) is 32.0 Å². The molecule has 1 atom stereocenters. The lowest BCUT2D eigenvalue weighted by Gasteiger charge is -2.13. The number of alkyl halides is 2. The standard InChI is InChI=1S/C17H15Cl2N3OS2/c1-23-13-6-3-2-5-12(13)22-15(14-7-4-8-24-14)20-21-16(22)25-10-11-9-17(11,18)19/h2-8,11H,9-10H2,1H3. The first-order chi connectivity index (χ1) is 12.1. The van der Waals surface area contributed by atoms with Crippen molar-refractivity contribution >= 4 is 46.3 Å². The normalized spacial score (nSPS) is 18.3. The van der Waals surface area contributed by atoms with Crippen LogP contribution in [0.5, 0.6) is 5.75 Å². The molecule has 0 saturated heterocycles. The molecular weight excluding hydrogens is 397 g/mol. The molecule has 8 heteroatoms. The van der Waals surface area contributed by atoms with Gasteiger partial charge in [-0.2, -0.15) is 0 Å². The molecule has 130 valence electrons. The number of methoxy groups -OCH3 is 1. The average molecular weight is 412 g/mol. The van der Waals surface area contributed by atoms with Gasteiger partial charge in [0.25, 0.3) is 0 Å². The van der Waals surface area contributed by atoms with Crippen LogP contribution in [0.1, 0.15) is 6.42 Å². The molecule has 0 radical (unpaired) electrons. The van der Waals surface area contributed by atoms with E-state index in [0.29, 0.717) is 0 Å². The number of rotatable bonds is 6. The minimum Gasteiger partial charge on any atom is -0.495 e. The van der Waals surface area contributed by atoms with Gasteiger partial charge < -0.3 is 4.74 Å². The fourth-order valence-corrected chi connectivity index (χ4v) is 5.16. The number of aromatic nitrogens is 3. The van der Waals surface area contributed by atoms with Crippen LogP contribution in [0.3, 0.4) is 0 Å². The summed E-state index contributed by atoms with van der Waals surface area (Å²) in [5.74, 6) is 2.68. The lowest BCUT2D eigenvalue weighted by atomic mass is 10.3. The maximum atomic E-state index is 6.16. The first-order valence-electron chi connectivity index (χ1n) is 7.73. The summed E-state index contributed by atoms with van der Waals surface area (Å²) >= 11 is 15.6. The Bertz CT molecular complexity index is 880. The molecule has 1 fully saturated rings. The third-order valence-electron chi connectivity index (χ3n) is 4.07. The van der Waals surface area contributed by atoms with Gasteiger partial charge in [0, 0.05) is 11.7 Å². The first-order valence-corrected chi connectivity index (χ1v) is 10.4. The van der Waals surface area contributed by atoms with E-state index in [1.54, 1.807) is 30.2 Å². The van der Waals surface area contributed by atoms with E-state index in [1.807, 2.05) is 46.3 Å². The van der Waals surface area contributed by atoms with Gasteiger partial charge in [0.05, 0.1) is 17.7 Å². The van der Waals surface area contributed by atoms with Crippen molar-refractivity contribution in [3.63, 3.8) is 0 Å². The van der Waals surface area contributed by atoms with E-state index in [-0.39, 0.29) is 5.92 Å². The molecule has 3 aromatic rings. The third kappa shape index (κ3) is 3.40. The van der Waals surface area contributed by atoms with E-state index in [1.165, 1.54) is 0 Å². The Morgan fingerprint density at radius 1 is 1.28 bits per heavy atom. The van der Waals surface area contributed by atoms with Crippen molar-refractivity contribution in [3.8, 4) is 22.1 Å². The summed E-state index contributed by atoms with van der Waals surface area (Å²) in [5, 5.41) is 11.7. The van der Waals surface area contributed by atoms with Crippen LogP contribution < -0.4 is 4.74 Å². The fourth-order valence-electron chi connectivity index (χ4n) is 2.59. The predicted octanol–water partition coefficient (Wildman–Crippen LogP) is 5.29. The monoisotopic (exact) mass is 411 g/mol. The Morgan fingerprint density at radius 3 is 2.76 bits per heavy atom. The molecule has 1 aromatic carbocycles. The van der Waals surface area contributed by atoms with Crippen LogP contribution in [0, 0.1) is 5.92 Å². The predicted molar refractivity (Wildman–Crippen MR) is 104 cm³/mol. The van der Waals surface area contributed by atoms with Crippen molar-refractivity contribution in [2.45, 2.75) is 15.9 Å². The summed E-state index contributed by atoms with van der Waals surface area (Å²) in [6.45, 7) is 0. The molecule has 0 aliphatic heterocycles. The maximum Gasteiger partial charge on any atom is 0.196 e. The molecule has 25 heavy (non-hydrogen) atoms. The third-order valence-corrected chi connectivity index (χ3v) is 6.95. The summed E-state index contributed by atoms with van der Waals surface area (Å²) in [6, 6.07) is 11.9. The highest BCUT2D eigenvalue weighted by molar-refractivity contribution is 7.99. The van der Waals surface area contributed by atoms with E-state index in [2.05, 4.69) is 10.2 Å². The number of thioether (sulfide) groups is 1. The molecule has 1 aliphatic rings.